The maximum atomic E-state index is 6.29. The van der Waals surface area contributed by atoms with Gasteiger partial charge in [0.1, 0.15) is 23.7 Å². The molecule has 5 heteroatoms. The van der Waals surface area contributed by atoms with Crippen LogP contribution in [0.1, 0.15) is 38.2 Å². The normalized spacial score (nSPS) is 17.1. The number of anilines is 1. The van der Waals surface area contributed by atoms with E-state index in [0.717, 1.165) is 41.0 Å². The summed E-state index contributed by atoms with van der Waals surface area (Å²) in [7, 11) is 0. The third-order valence-electron chi connectivity index (χ3n) is 5.46. The monoisotopic (exact) mass is 414 g/mol. The zero-order valence-corrected chi connectivity index (χ0v) is 17.5. The van der Waals surface area contributed by atoms with Crippen molar-refractivity contribution in [2.24, 2.45) is 0 Å². The topological polar surface area (TPSA) is 25.4 Å². The molecule has 146 valence electrons. The molecule has 28 heavy (non-hydrogen) atoms. The quantitative estimate of drug-likeness (QED) is 0.454. The molecule has 0 saturated carbocycles. The van der Waals surface area contributed by atoms with Crippen LogP contribution in [-0.4, -0.2) is 17.6 Å². The third kappa shape index (κ3) is 4.06. The Morgan fingerprint density at radius 1 is 1.11 bits per heavy atom. The van der Waals surface area contributed by atoms with Gasteiger partial charge in [-0.3, -0.25) is 0 Å². The largest absolute Gasteiger partial charge is 0.487 e. The van der Waals surface area contributed by atoms with Crippen molar-refractivity contribution in [2.75, 3.05) is 11.4 Å². The van der Waals surface area contributed by atoms with Gasteiger partial charge in [-0.1, -0.05) is 48.3 Å². The van der Waals surface area contributed by atoms with Crippen LogP contribution in [0.3, 0.4) is 0 Å². The number of piperidine rings is 1. The minimum absolute atomic E-state index is 0.377. The van der Waals surface area contributed by atoms with E-state index in [1.54, 1.807) is 6.07 Å². The first kappa shape index (κ1) is 19.4. The van der Waals surface area contributed by atoms with E-state index in [1.165, 1.54) is 19.3 Å². The van der Waals surface area contributed by atoms with Crippen molar-refractivity contribution in [3.63, 3.8) is 0 Å². The van der Waals surface area contributed by atoms with E-state index in [0.29, 0.717) is 22.7 Å². The number of ether oxygens (including phenoxy) is 1. The predicted octanol–water partition coefficient (Wildman–Crippen LogP) is 6.89. The van der Waals surface area contributed by atoms with Gasteiger partial charge in [0.2, 0.25) is 0 Å². The fourth-order valence-corrected chi connectivity index (χ4v) is 4.37. The molecule has 2 aromatic carbocycles. The minimum Gasteiger partial charge on any atom is -0.487 e. The summed E-state index contributed by atoms with van der Waals surface area (Å²) in [4.78, 5) is 7.45. The predicted molar refractivity (Wildman–Crippen MR) is 118 cm³/mol. The van der Waals surface area contributed by atoms with Crippen molar-refractivity contribution in [1.29, 1.82) is 0 Å². The lowest BCUT2D eigenvalue weighted by Gasteiger charge is -2.36. The highest BCUT2D eigenvalue weighted by Gasteiger charge is 2.22. The lowest BCUT2D eigenvalue weighted by molar-refractivity contribution is 0.309. The van der Waals surface area contributed by atoms with E-state index < -0.39 is 0 Å². The third-order valence-corrected chi connectivity index (χ3v) is 6.05. The number of aromatic nitrogens is 1. The molecule has 1 aliphatic heterocycles. The van der Waals surface area contributed by atoms with Gasteiger partial charge in [-0.2, -0.15) is 0 Å². The molecule has 3 nitrogen and oxygen atoms in total. The summed E-state index contributed by atoms with van der Waals surface area (Å²) in [5, 5.41) is 2.31. The number of nitrogens with zero attached hydrogens (tertiary/aromatic N) is 2. The highest BCUT2D eigenvalue weighted by molar-refractivity contribution is 6.35. The molecule has 2 heterocycles. The number of halogens is 2. The summed E-state index contributed by atoms with van der Waals surface area (Å²) in [5.74, 6) is 1.81. The van der Waals surface area contributed by atoms with Crippen LogP contribution in [0.25, 0.3) is 10.9 Å². The Balaban J connectivity index is 1.63. The molecule has 1 unspecified atom stereocenters. The van der Waals surface area contributed by atoms with Crippen LogP contribution in [0.4, 0.5) is 5.82 Å². The summed E-state index contributed by atoms with van der Waals surface area (Å²) >= 11 is 12.3. The molecule has 1 aliphatic rings. The zero-order chi connectivity index (χ0) is 19.5. The van der Waals surface area contributed by atoms with E-state index in [-0.39, 0.29) is 0 Å². The van der Waals surface area contributed by atoms with Crippen molar-refractivity contribution in [2.45, 2.75) is 45.3 Å². The van der Waals surface area contributed by atoms with E-state index in [4.69, 9.17) is 32.9 Å². The van der Waals surface area contributed by atoms with E-state index >= 15 is 0 Å². The summed E-state index contributed by atoms with van der Waals surface area (Å²) in [6.45, 7) is 3.71. The molecule has 1 fully saturated rings. The SMILES string of the molecule is CCC1CCCCN1c1ccc2cccc(OCc3ccc(Cl)cc3Cl)c2n1. The van der Waals surface area contributed by atoms with Crippen LogP contribution >= 0.6 is 23.2 Å². The van der Waals surface area contributed by atoms with Crippen LogP contribution in [0, 0.1) is 0 Å². The molecule has 0 N–H and O–H groups in total. The van der Waals surface area contributed by atoms with Gasteiger partial charge in [-0.05, 0) is 56.0 Å². The molecule has 1 saturated heterocycles. The smallest absolute Gasteiger partial charge is 0.146 e. The van der Waals surface area contributed by atoms with Gasteiger partial charge in [-0.25, -0.2) is 4.98 Å². The Hall–Kier alpha value is -1.97. The van der Waals surface area contributed by atoms with Crippen LogP contribution in [0.15, 0.2) is 48.5 Å². The van der Waals surface area contributed by atoms with Crippen molar-refractivity contribution in [3.8, 4) is 5.75 Å². The average molecular weight is 415 g/mol. The molecule has 0 aliphatic carbocycles. The number of benzene rings is 2. The maximum absolute atomic E-state index is 6.29. The van der Waals surface area contributed by atoms with Crippen LogP contribution < -0.4 is 9.64 Å². The fraction of sp³-hybridized carbons (Fsp3) is 0.348. The van der Waals surface area contributed by atoms with E-state index in [9.17, 15) is 0 Å². The van der Waals surface area contributed by atoms with Gasteiger partial charge in [-0.15, -0.1) is 0 Å². The van der Waals surface area contributed by atoms with Gasteiger partial charge < -0.3 is 9.64 Å². The standard InChI is InChI=1S/C23H24Cl2N2O/c1-2-19-7-3-4-13-27(19)22-12-10-16-6-5-8-21(23(16)26-22)28-15-17-9-11-18(24)14-20(17)25/h5-6,8-12,14,19H,2-4,7,13,15H2,1H3. The number of rotatable bonds is 5. The number of hydrogen-bond acceptors (Lipinski definition) is 3. The molecule has 4 rings (SSSR count). The Bertz CT molecular complexity index is 976. The Kier molecular flexibility index (Phi) is 5.93. The molecular formula is C23H24Cl2N2O. The van der Waals surface area contributed by atoms with Crippen LogP contribution in [0.2, 0.25) is 10.0 Å². The molecule has 0 spiro atoms. The first-order chi connectivity index (χ1) is 13.7. The second-order valence-electron chi connectivity index (χ2n) is 7.27. The average Bonchev–Trinajstić information content (AvgIpc) is 2.72. The Morgan fingerprint density at radius 3 is 2.82 bits per heavy atom. The first-order valence-electron chi connectivity index (χ1n) is 9.89. The molecule has 1 aromatic heterocycles. The first-order valence-corrected chi connectivity index (χ1v) is 10.6. The van der Waals surface area contributed by atoms with Crippen molar-refractivity contribution >= 4 is 39.9 Å². The molecule has 0 amide bonds. The Labute approximate surface area is 176 Å². The highest BCUT2D eigenvalue weighted by atomic mass is 35.5. The lowest BCUT2D eigenvalue weighted by atomic mass is 10.00. The molecule has 0 bridgehead atoms. The summed E-state index contributed by atoms with van der Waals surface area (Å²) in [6, 6.07) is 16.3. The molecule has 3 aromatic rings. The molecular weight excluding hydrogens is 391 g/mol. The second kappa shape index (κ2) is 8.59. The lowest BCUT2D eigenvalue weighted by Crippen LogP contribution is -2.39. The summed E-state index contributed by atoms with van der Waals surface area (Å²) in [6.07, 6.45) is 4.92. The van der Waals surface area contributed by atoms with Gasteiger partial charge >= 0.3 is 0 Å². The van der Waals surface area contributed by atoms with Gasteiger partial charge in [0.15, 0.2) is 0 Å². The second-order valence-corrected chi connectivity index (χ2v) is 8.12. The van der Waals surface area contributed by atoms with Crippen molar-refractivity contribution in [1.82, 2.24) is 4.98 Å². The number of hydrogen-bond donors (Lipinski definition) is 0. The summed E-state index contributed by atoms with van der Waals surface area (Å²) < 4.78 is 6.11. The summed E-state index contributed by atoms with van der Waals surface area (Å²) in [5.41, 5.74) is 1.80. The highest BCUT2D eigenvalue weighted by Crippen LogP contribution is 2.31. The van der Waals surface area contributed by atoms with Crippen LogP contribution in [0.5, 0.6) is 5.75 Å². The molecule has 0 radical (unpaired) electrons. The van der Waals surface area contributed by atoms with E-state index in [1.807, 2.05) is 24.3 Å². The van der Waals surface area contributed by atoms with Gasteiger partial charge in [0, 0.05) is 33.6 Å². The van der Waals surface area contributed by atoms with E-state index in [2.05, 4.69) is 30.0 Å². The van der Waals surface area contributed by atoms with Gasteiger partial charge in [0.25, 0.3) is 0 Å². The van der Waals surface area contributed by atoms with Crippen molar-refractivity contribution < 1.29 is 4.74 Å². The van der Waals surface area contributed by atoms with Crippen molar-refractivity contribution in [3.05, 3.63) is 64.1 Å². The zero-order valence-electron chi connectivity index (χ0n) is 16.0. The van der Waals surface area contributed by atoms with Crippen LogP contribution in [-0.2, 0) is 6.61 Å². The number of fused-ring (bicyclic) bond motifs is 1. The number of pyridine rings is 1. The fourth-order valence-electron chi connectivity index (χ4n) is 3.91. The molecule has 1 atom stereocenters. The number of para-hydroxylation sites is 1. The minimum atomic E-state index is 0.377. The van der Waals surface area contributed by atoms with Gasteiger partial charge in [0.05, 0.1) is 0 Å². The maximum Gasteiger partial charge on any atom is 0.146 e. The Morgan fingerprint density at radius 2 is 2.00 bits per heavy atom.